The van der Waals surface area contributed by atoms with Gasteiger partial charge in [0.05, 0.1) is 17.2 Å². The normalized spacial score (nSPS) is 20.6. The fraction of sp³-hybridized carbons (Fsp3) is 0.316. The summed E-state index contributed by atoms with van der Waals surface area (Å²) in [4.78, 5) is 38.1. The van der Waals surface area contributed by atoms with Crippen LogP contribution < -0.4 is 0 Å². The van der Waals surface area contributed by atoms with Crippen LogP contribution in [0.1, 0.15) is 47.4 Å². The van der Waals surface area contributed by atoms with Gasteiger partial charge in [-0.3, -0.25) is 14.4 Å². The summed E-state index contributed by atoms with van der Waals surface area (Å²) in [5, 5.41) is 30.5. The third-order valence-corrected chi connectivity index (χ3v) is 4.46. The highest BCUT2D eigenvalue weighted by molar-refractivity contribution is 6.28. The number of aromatic hydroxyl groups is 2. The molecular formula is C19H20O6. The lowest BCUT2D eigenvalue weighted by Crippen LogP contribution is -2.52. The first-order valence-corrected chi connectivity index (χ1v) is 7.78. The van der Waals surface area contributed by atoms with E-state index < -0.39 is 52.4 Å². The molecule has 6 nitrogen and oxygen atoms in total. The van der Waals surface area contributed by atoms with Crippen LogP contribution >= 0.6 is 0 Å². The molecule has 0 radical (unpaired) electrons. The Morgan fingerprint density at radius 3 is 2.32 bits per heavy atom. The molecule has 0 amide bonds. The molecule has 1 aromatic carbocycles. The molecule has 0 saturated carbocycles. The first kappa shape index (κ1) is 18.6. The maximum absolute atomic E-state index is 13.1. The number of Topliss-reactive ketones (excluding diaryl/α,β-unsaturated/α-hetero) is 2. The number of rotatable bonds is 5. The molecule has 0 saturated heterocycles. The second-order valence-electron chi connectivity index (χ2n) is 6.36. The minimum absolute atomic E-state index is 0.0180. The summed E-state index contributed by atoms with van der Waals surface area (Å²) in [5.74, 6) is -3.37. The van der Waals surface area contributed by atoms with Gasteiger partial charge in [0.2, 0.25) is 0 Å². The molecule has 1 aromatic rings. The van der Waals surface area contributed by atoms with E-state index in [-0.39, 0.29) is 12.0 Å². The van der Waals surface area contributed by atoms with Gasteiger partial charge in [-0.05, 0) is 38.5 Å². The quantitative estimate of drug-likeness (QED) is 0.327. The summed E-state index contributed by atoms with van der Waals surface area (Å²) < 4.78 is 0. The Morgan fingerprint density at radius 2 is 1.80 bits per heavy atom. The van der Waals surface area contributed by atoms with Crippen molar-refractivity contribution in [2.45, 2.75) is 32.8 Å². The molecule has 132 valence electrons. The van der Waals surface area contributed by atoms with E-state index in [0.717, 1.165) is 23.8 Å². The highest BCUT2D eigenvalue weighted by Crippen LogP contribution is 2.45. The van der Waals surface area contributed by atoms with Crippen molar-refractivity contribution in [3.8, 4) is 11.5 Å². The van der Waals surface area contributed by atoms with Crippen molar-refractivity contribution in [2.24, 2.45) is 5.41 Å². The molecule has 2 rings (SSSR count). The van der Waals surface area contributed by atoms with Crippen LogP contribution in [0.4, 0.5) is 0 Å². The van der Waals surface area contributed by atoms with Crippen LogP contribution in [0.5, 0.6) is 11.5 Å². The van der Waals surface area contributed by atoms with Gasteiger partial charge >= 0.3 is 0 Å². The zero-order chi connectivity index (χ0) is 18.9. The lowest BCUT2D eigenvalue weighted by Gasteiger charge is -2.37. The van der Waals surface area contributed by atoms with E-state index in [9.17, 15) is 29.7 Å². The van der Waals surface area contributed by atoms with Crippen molar-refractivity contribution in [1.82, 2.24) is 0 Å². The zero-order valence-electron chi connectivity index (χ0n) is 14.1. The SMILES string of the molecule is C=CC(=O)C1([C@H](O)CC=C(C)C)CC(=O)c2c(O)ccc(O)c2C1=O. The molecule has 0 aliphatic heterocycles. The number of ketones is 3. The molecule has 6 heteroatoms. The molecule has 1 unspecified atom stereocenters. The summed E-state index contributed by atoms with van der Waals surface area (Å²) in [6, 6.07) is 2.16. The first-order chi connectivity index (χ1) is 11.7. The number of hydrogen-bond donors (Lipinski definition) is 3. The number of aliphatic hydroxyl groups is 1. The highest BCUT2D eigenvalue weighted by Gasteiger charge is 2.56. The van der Waals surface area contributed by atoms with Crippen molar-refractivity contribution in [1.29, 1.82) is 0 Å². The summed E-state index contributed by atoms with van der Waals surface area (Å²) >= 11 is 0. The third kappa shape index (κ3) is 2.89. The predicted molar refractivity (Wildman–Crippen MR) is 90.7 cm³/mol. The Bertz CT molecular complexity index is 800. The van der Waals surface area contributed by atoms with E-state index in [4.69, 9.17) is 0 Å². The van der Waals surface area contributed by atoms with Crippen LogP contribution in [0.25, 0.3) is 0 Å². The number of carbonyl (C=O) groups is 3. The maximum atomic E-state index is 13.1. The number of hydrogen-bond acceptors (Lipinski definition) is 6. The second kappa shape index (κ2) is 6.64. The molecule has 25 heavy (non-hydrogen) atoms. The van der Waals surface area contributed by atoms with E-state index in [1.165, 1.54) is 0 Å². The molecule has 0 aromatic heterocycles. The zero-order valence-corrected chi connectivity index (χ0v) is 14.1. The Labute approximate surface area is 145 Å². The predicted octanol–water partition coefficient (Wildman–Crippen LogP) is 2.33. The third-order valence-electron chi connectivity index (χ3n) is 4.46. The molecule has 0 heterocycles. The largest absolute Gasteiger partial charge is 0.507 e. The van der Waals surface area contributed by atoms with Crippen LogP contribution in [0, 0.1) is 5.41 Å². The Hall–Kier alpha value is -2.73. The fourth-order valence-electron chi connectivity index (χ4n) is 3.10. The van der Waals surface area contributed by atoms with Crippen LogP contribution in [0.3, 0.4) is 0 Å². The Morgan fingerprint density at radius 1 is 1.24 bits per heavy atom. The first-order valence-electron chi connectivity index (χ1n) is 7.78. The number of aliphatic hydroxyl groups excluding tert-OH is 1. The molecule has 0 fully saturated rings. The number of phenols is 2. The van der Waals surface area contributed by atoms with Gasteiger partial charge in [0.1, 0.15) is 16.9 Å². The van der Waals surface area contributed by atoms with Gasteiger partial charge in [0.25, 0.3) is 0 Å². The molecule has 1 aliphatic rings. The van der Waals surface area contributed by atoms with Gasteiger partial charge in [-0.1, -0.05) is 18.2 Å². The summed E-state index contributed by atoms with van der Waals surface area (Å²) in [6.45, 7) is 6.95. The second-order valence-corrected chi connectivity index (χ2v) is 6.36. The van der Waals surface area contributed by atoms with Crippen LogP contribution in [0.15, 0.2) is 36.4 Å². The maximum Gasteiger partial charge on any atom is 0.184 e. The molecule has 2 atom stereocenters. The van der Waals surface area contributed by atoms with Crippen LogP contribution in [0.2, 0.25) is 0 Å². The molecule has 0 bridgehead atoms. The summed E-state index contributed by atoms with van der Waals surface area (Å²) in [5.41, 5.74) is -1.96. The smallest absolute Gasteiger partial charge is 0.184 e. The highest BCUT2D eigenvalue weighted by atomic mass is 16.3. The number of carbonyl (C=O) groups excluding carboxylic acids is 3. The molecule has 3 N–H and O–H groups in total. The molecule has 1 aliphatic carbocycles. The molecular weight excluding hydrogens is 324 g/mol. The Balaban J connectivity index is 2.70. The number of phenolic OH excluding ortho intramolecular Hbond substituents is 2. The standard InChI is InChI=1S/C19H20O6/c1-4-14(23)19(15(24)8-5-10(2)3)9-13(22)16-11(20)6-7-12(21)17(16)18(19)25/h4-7,15,20-21,24H,1,8-9H2,2-3H3/t15-,19?/m1/s1. The van der Waals surface area contributed by atoms with Gasteiger partial charge in [-0.2, -0.15) is 0 Å². The number of benzene rings is 1. The van der Waals surface area contributed by atoms with Gasteiger partial charge in [0, 0.05) is 6.42 Å². The lowest BCUT2D eigenvalue weighted by molar-refractivity contribution is -0.126. The minimum atomic E-state index is -2.07. The van der Waals surface area contributed by atoms with Gasteiger partial charge in [-0.15, -0.1) is 0 Å². The average molecular weight is 344 g/mol. The lowest BCUT2D eigenvalue weighted by atomic mass is 9.63. The van der Waals surface area contributed by atoms with E-state index in [2.05, 4.69) is 6.58 Å². The fourth-order valence-corrected chi connectivity index (χ4v) is 3.10. The average Bonchev–Trinajstić information content (AvgIpc) is 2.57. The van der Waals surface area contributed by atoms with Crippen LogP contribution in [-0.2, 0) is 4.79 Å². The summed E-state index contributed by atoms with van der Waals surface area (Å²) in [7, 11) is 0. The van der Waals surface area contributed by atoms with Crippen molar-refractivity contribution in [3.05, 3.63) is 47.6 Å². The van der Waals surface area contributed by atoms with Crippen molar-refractivity contribution in [3.63, 3.8) is 0 Å². The summed E-state index contributed by atoms with van der Waals surface area (Å²) in [6.07, 6.45) is 0.452. The van der Waals surface area contributed by atoms with E-state index in [1.54, 1.807) is 19.9 Å². The number of fused-ring (bicyclic) bond motifs is 1. The van der Waals surface area contributed by atoms with E-state index >= 15 is 0 Å². The van der Waals surface area contributed by atoms with Gasteiger partial charge in [0.15, 0.2) is 17.3 Å². The van der Waals surface area contributed by atoms with Crippen molar-refractivity contribution < 1.29 is 29.7 Å². The minimum Gasteiger partial charge on any atom is -0.507 e. The van der Waals surface area contributed by atoms with Gasteiger partial charge in [-0.25, -0.2) is 0 Å². The molecule has 0 spiro atoms. The van der Waals surface area contributed by atoms with E-state index in [1.807, 2.05) is 0 Å². The van der Waals surface area contributed by atoms with Crippen LogP contribution in [-0.4, -0.2) is 38.8 Å². The van der Waals surface area contributed by atoms with Gasteiger partial charge < -0.3 is 15.3 Å². The number of allylic oxidation sites excluding steroid dienone is 2. The van der Waals surface area contributed by atoms with Crippen molar-refractivity contribution >= 4 is 17.3 Å². The van der Waals surface area contributed by atoms with E-state index in [0.29, 0.717) is 0 Å². The topological polar surface area (TPSA) is 112 Å². The Kier molecular flexibility index (Phi) is 4.94. The van der Waals surface area contributed by atoms with Crippen molar-refractivity contribution in [2.75, 3.05) is 0 Å². The monoisotopic (exact) mass is 344 g/mol.